The minimum Gasteiger partial charge on any atom is -0.445 e. The minimum atomic E-state index is -0.918. The van der Waals surface area contributed by atoms with E-state index in [0.29, 0.717) is 37.1 Å². The van der Waals surface area contributed by atoms with Crippen molar-refractivity contribution in [3.8, 4) is 0 Å². The number of amides is 3. The Balaban J connectivity index is 1.69. The average Bonchev–Trinajstić information content (AvgIpc) is 3.03. The highest BCUT2D eigenvalue weighted by atomic mass is 16.6. The third-order valence-electron chi connectivity index (χ3n) is 7.05. The summed E-state index contributed by atoms with van der Waals surface area (Å²) in [7, 11) is 0. The Hall–Kier alpha value is -4.70. The van der Waals surface area contributed by atoms with Crippen LogP contribution < -0.4 is 16.0 Å². The molecule has 2 unspecified atom stereocenters. The molecule has 46 heavy (non-hydrogen) atoms. The second kappa shape index (κ2) is 18.3. The van der Waals surface area contributed by atoms with Gasteiger partial charge in [0, 0.05) is 24.6 Å². The number of benzene rings is 3. The summed E-state index contributed by atoms with van der Waals surface area (Å²) in [6, 6.07) is 24.4. The molecule has 0 aliphatic carbocycles. The largest absolute Gasteiger partial charge is 0.445 e. The Morgan fingerprint density at radius 2 is 1.41 bits per heavy atom. The van der Waals surface area contributed by atoms with Gasteiger partial charge in [-0.15, -0.1) is 0 Å². The molecule has 0 saturated heterocycles. The molecule has 10 heteroatoms. The lowest BCUT2D eigenvalue weighted by Gasteiger charge is -2.22. The van der Waals surface area contributed by atoms with Crippen LogP contribution in [-0.2, 0) is 38.7 Å². The Kier molecular flexibility index (Phi) is 14.2. The Labute approximate surface area is 270 Å². The van der Waals surface area contributed by atoms with Gasteiger partial charge in [0.2, 0.25) is 5.91 Å². The van der Waals surface area contributed by atoms with Gasteiger partial charge in [-0.05, 0) is 68.9 Å². The van der Waals surface area contributed by atoms with E-state index < -0.39 is 29.7 Å². The number of unbranched alkanes of at least 4 members (excludes halogenated alkanes) is 1. The molecule has 2 atom stereocenters. The van der Waals surface area contributed by atoms with Gasteiger partial charge >= 0.3 is 12.2 Å². The summed E-state index contributed by atoms with van der Waals surface area (Å²) in [5, 5.41) is 17.7. The fourth-order valence-electron chi connectivity index (χ4n) is 4.67. The van der Waals surface area contributed by atoms with Gasteiger partial charge in [-0.25, -0.2) is 9.59 Å². The van der Waals surface area contributed by atoms with E-state index in [1.54, 1.807) is 45.0 Å². The number of aliphatic hydroxyl groups is 1. The standard InChI is InChI=1S/C36H45N3O7/c1-36(2,3)46-34(43)37-21-11-10-16-29(33(42)38-30-19-17-27(24-40)18-20-30)23-32(41)31(22-26-12-6-4-7-13-26)39-35(44)45-25-28-14-8-5-9-15-28/h4-9,12-15,17-20,29,31,40H,10-11,16,21-25H2,1-3H3,(H,37,43)(H,38,42)(H,39,44). The van der Waals surface area contributed by atoms with E-state index in [-0.39, 0.29) is 37.7 Å². The molecule has 0 aliphatic heterocycles. The zero-order valence-electron chi connectivity index (χ0n) is 26.8. The van der Waals surface area contributed by atoms with Crippen molar-refractivity contribution in [3.63, 3.8) is 0 Å². The average molecular weight is 632 g/mol. The first-order valence-electron chi connectivity index (χ1n) is 15.5. The summed E-state index contributed by atoms with van der Waals surface area (Å²) in [5.41, 5.74) is 2.29. The monoisotopic (exact) mass is 631 g/mol. The van der Waals surface area contributed by atoms with Gasteiger partial charge in [-0.2, -0.15) is 0 Å². The maximum Gasteiger partial charge on any atom is 0.408 e. The smallest absolute Gasteiger partial charge is 0.408 e. The lowest BCUT2D eigenvalue weighted by atomic mass is 9.90. The van der Waals surface area contributed by atoms with Crippen LogP contribution in [0, 0.1) is 5.92 Å². The maximum absolute atomic E-state index is 13.8. The number of aliphatic hydroxyl groups excluding tert-OH is 1. The van der Waals surface area contributed by atoms with Crippen LogP contribution in [0.2, 0.25) is 0 Å². The summed E-state index contributed by atoms with van der Waals surface area (Å²) < 4.78 is 10.7. The summed E-state index contributed by atoms with van der Waals surface area (Å²) in [4.78, 5) is 52.0. The zero-order chi connectivity index (χ0) is 33.4. The van der Waals surface area contributed by atoms with Crippen LogP contribution in [0.4, 0.5) is 15.3 Å². The molecule has 0 aromatic heterocycles. The molecule has 3 amide bonds. The summed E-state index contributed by atoms with van der Waals surface area (Å²) in [6.07, 6.45) is 0.376. The van der Waals surface area contributed by atoms with E-state index >= 15 is 0 Å². The summed E-state index contributed by atoms with van der Waals surface area (Å²) >= 11 is 0. The highest BCUT2D eigenvalue weighted by Gasteiger charge is 2.28. The Morgan fingerprint density at radius 3 is 2.02 bits per heavy atom. The third-order valence-corrected chi connectivity index (χ3v) is 7.05. The van der Waals surface area contributed by atoms with Crippen molar-refractivity contribution < 1.29 is 33.8 Å². The number of rotatable bonds is 16. The number of ether oxygens (including phenoxy) is 2. The van der Waals surface area contributed by atoms with Crippen LogP contribution in [0.25, 0.3) is 0 Å². The lowest BCUT2D eigenvalue weighted by molar-refractivity contribution is -0.127. The Morgan fingerprint density at radius 1 is 0.783 bits per heavy atom. The summed E-state index contributed by atoms with van der Waals surface area (Å²) in [5.74, 6) is -1.34. The quantitative estimate of drug-likeness (QED) is 0.144. The molecule has 3 rings (SSSR count). The number of ketones is 1. The van der Waals surface area contributed by atoms with E-state index in [1.807, 2.05) is 60.7 Å². The zero-order valence-corrected chi connectivity index (χ0v) is 26.8. The number of hydrogen-bond acceptors (Lipinski definition) is 7. The number of alkyl carbamates (subject to hydrolysis) is 2. The van der Waals surface area contributed by atoms with Crippen LogP contribution >= 0.6 is 0 Å². The number of nitrogens with one attached hydrogen (secondary N) is 3. The van der Waals surface area contributed by atoms with E-state index in [2.05, 4.69) is 16.0 Å². The fraction of sp³-hybridized carbons (Fsp3) is 0.389. The molecular weight excluding hydrogens is 586 g/mol. The predicted octanol–water partition coefficient (Wildman–Crippen LogP) is 5.93. The van der Waals surface area contributed by atoms with Crippen LogP contribution in [-0.4, -0.2) is 47.2 Å². The van der Waals surface area contributed by atoms with E-state index in [9.17, 15) is 24.3 Å². The molecule has 4 N–H and O–H groups in total. The van der Waals surface area contributed by atoms with Gasteiger partial charge in [0.05, 0.1) is 12.6 Å². The van der Waals surface area contributed by atoms with E-state index in [1.165, 1.54) is 0 Å². The molecule has 0 fully saturated rings. The number of hydrogen-bond donors (Lipinski definition) is 4. The summed E-state index contributed by atoms with van der Waals surface area (Å²) in [6.45, 7) is 5.64. The second-order valence-corrected chi connectivity index (χ2v) is 12.1. The molecule has 3 aromatic carbocycles. The third kappa shape index (κ3) is 13.5. The van der Waals surface area contributed by atoms with Gasteiger partial charge < -0.3 is 30.5 Å². The van der Waals surface area contributed by atoms with E-state index in [0.717, 1.165) is 11.1 Å². The predicted molar refractivity (Wildman–Crippen MR) is 176 cm³/mol. The maximum atomic E-state index is 13.8. The van der Waals surface area contributed by atoms with Gasteiger partial charge in [-0.3, -0.25) is 9.59 Å². The lowest BCUT2D eigenvalue weighted by Crippen LogP contribution is -2.44. The molecule has 0 bridgehead atoms. The number of carbonyl (C=O) groups excluding carboxylic acids is 4. The van der Waals surface area contributed by atoms with Gasteiger partial charge in [0.25, 0.3) is 0 Å². The van der Waals surface area contributed by atoms with Gasteiger partial charge in [0.15, 0.2) is 5.78 Å². The van der Waals surface area contributed by atoms with Crippen LogP contribution in [0.5, 0.6) is 0 Å². The topological polar surface area (TPSA) is 143 Å². The van der Waals surface area contributed by atoms with Crippen molar-refractivity contribution in [2.45, 2.75) is 77.7 Å². The number of anilines is 1. The number of carbonyl (C=O) groups is 4. The molecule has 0 spiro atoms. The fourth-order valence-corrected chi connectivity index (χ4v) is 4.67. The first-order valence-corrected chi connectivity index (χ1v) is 15.5. The van der Waals surface area contributed by atoms with Crippen LogP contribution in [0.3, 0.4) is 0 Å². The molecule has 0 aliphatic rings. The molecule has 0 radical (unpaired) electrons. The van der Waals surface area contributed by atoms with Crippen molar-refractivity contribution in [1.29, 1.82) is 0 Å². The molecule has 0 saturated carbocycles. The highest BCUT2D eigenvalue weighted by molar-refractivity contribution is 5.97. The first-order chi connectivity index (χ1) is 22.0. The SMILES string of the molecule is CC(C)(C)OC(=O)NCCCCC(CC(=O)C(Cc1ccccc1)NC(=O)OCc1ccccc1)C(=O)Nc1ccc(CO)cc1. The van der Waals surface area contributed by atoms with Gasteiger partial charge in [-0.1, -0.05) is 79.2 Å². The van der Waals surface area contributed by atoms with Crippen LogP contribution in [0.1, 0.15) is 63.1 Å². The van der Waals surface area contributed by atoms with Crippen molar-refractivity contribution in [2.75, 3.05) is 11.9 Å². The Bertz CT molecular complexity index is 1390. The number of Topliss-reactive ketones (excluding diaryl/α,β-unsaturated/α-hetero) is 1. The highest BCUT2D eigenvalue weighted by Crippen LogP contribution is 2.20. The van der Waals surface area contributed by atoms with Gasteiger partial charge in [0.1, 0.15) is 12.2 Å². The van der Waals surface area contributed by atoms with Crippen molar-refractivity contribution in [3.05, 3.63) is 102 Å². The molecule has 0 heterocycles. The van der Waals surface area contributed by atoms with Crippen LogP contribution in [0.15, 0.2) is 84.9 Å². The van der Waals surface area contributed by atoms with Crippen molar-refractivity contribution in [1.82, 2.24) is 10.6 Å². The first kappa shape index (κ1) is 35.8. The molecular formula is C36H45N3O7. The minimum absolute atomic E-state index is 0.0519. The molecule has 246 valence electrons. The molecule has 3 aromatic rings. The van der Waals surface area contributed by atoms with Crippen molar-refractivity contribution >= 4 is 29.6 Å². The van der Waals surface area contributed by atoms with Crippen molar-refractivity contribution in [2.24, 2.45) is 5.92 Å². The molecule has 10 nitrogen and oxygen atoms in total. The van der Waals surface area contributed by atoms with E-state index in [4.69, 9.17) is 9.47 Å². The second-order valence-electron chi connectivity index (χ2n) is 12.1. The normalized spacial score (nSPS) is 12.3.